The van der Waals surface area contributed by atoms with Gasteiger partial charge in [-0.25, -0.2) is 0 Å². The van der Waals surface area contributed by atoms with Crippen molar-refractivity contribution in [2.75, 3.05) is 6.54 Å². The van der Waals surface area contributed by atoms with E-state index in [0.717, 1.165) is 29.3 Å². The number of nitrogens with zero attached hydrogens (tertiary/aromatic N) is 1. The highest BCUT2D eigenvalue weighted by Gasteiger charge is 2.29. The van der Waals surface area contributed by atoms with Gasteiger partial charge in [-0.3, -0.25) is 4.98 Å². The Hall–Kier alpha value is -0.410. The van der Waals surface area contributed by atoms with Crippen LogP contribution >= 0.6 is 15.9 Å². The fraction of sp³-hybridized carbons (Fsp3) is 0.545. The number of rotatable bonds is 3. The highest BCUT2D eigenvalue weighted by Crippen LogP contribution is 2.35. The molecular formula is C11H15BrN2. The number of hydrogen-bond donors (Lipinski definition) is 1. The van der Waals surface area contributed by atoms with Gasteiger partial charge in [-0.1, -0.05) is 0 Å². The maximum absolute atomic E-state index is 5.68. The van der Waals surface area contributed by atoms with Crippen LogP contribution in [0.1, 0.15) is 18.4 Å². The Morgan fingerprint density at radius 1 is 1.36 bits per heavy atom. The van der Waals surface area contributed by atoms with Gasteiger partial charge in [0.1, 0.15) is 0 Å². The van der Waals surface area contributed by atoms with Gasteiger partial charge >= 0.3 is 0 Å². The molecular weight excluding hydrogens is 240 g/mol. The van der Waals surface area contributed by atoms with Crippen LogP contribution in [0.15, 0.2) is 22.9 Å². The fourth-order valence-electron chi connectivity index (χ4n) is 2.09. The van der Waals surface area contributed by atoms with E-state index in [-0.39, 0.29) is 0 Å². The molecule has 1 fully saturated rings. The van der Waals surface area contributed by atoms with Crippen molar-refractivity contribution < 1.29 is 0 Å². The monoisotopic (exact) mass is 254 g/mol. The predicted molar refractivity (Wildman–Crippen MR) is 60.9 cm³/mol. The quantitative estimate of drug-likeness (QED) is 0.900. The lowest BCUT2D eigenvalue weighted by Gasteiger charge is -2.35. The molecule has 0 amide bonds. The molecule has 14 heavy (non-hydrogen) atoms. The zero-order valence-electron chi connectivity index (χ0n) is 8.12. The number of hydrogen-bond acceptors (Lipinski definition) is 2. The Morgan fingerprint density at radius 3 is 2.71 bits per heavy atom. The normalized spacial score (nSPS) is 25.9. The molecule has 2 unspecified atom stereocenters. The van der Waals surface area contributed by atoms with Gasteiger partial charge in [-0.2, -0.15) is 0 Å². The topological polar surface area (TPSA) is 38.9 Å². The summed E-state index contributed by atoms with van der Waals surface area (Å²) in [5.41, 5.74) is 7.00. The first kappa shape index (κ1) is 10.1. The molecule has 3 heteroatoms. The first-order chi connectivity index (χ1) is 6.79. The second kappa shape index (κ2) is 4.41. The highest BCUT2D eigenvalue weighted by molar-refractivity contribution is 9.10. The van der Waals surface area contributed by atoms with Crippen molar-refractivity contribution in [3.8, 4) is 0 Å². The second-order valence-electron chi connectivity index (χ2n) is 4.05. The van der Waals surface area contributed by atoms with E-state index in [1.165, 1.54) is 18.4 Å². The van der Waals surface area contributed by atoms with Crippen molar-refractivity contribution in [3.05, 3.63) is 28.5 Å². The third-order valence-electron chi connectivity index (χ3n) is 3.14. The summed E-state index contributed by atoms with van der Waals surface area (Å²) in [7, 11) is 0. The minimum atomic E-state index is 0.744. The molecule has 0 bridgehead atoms. The van der Waals surface area contributed by atoms with Crippen molar-refractivity contribution >= 4 is 15.9 Å². The molecule has 1 saturated carbocycles. The molecule has 1 heterocycles. The number of aromatic nitrogens is 1. The molecule has 0 aromatic carbocycles. The van der Waals surface area contributed by atoms with E-state index in [1.54, 1.807) is 0 Å². The van der Waals surface area contributed by atoms with Gasteiger partial charge in [0, 0.05) is 16.9 Å². The number of nitrogens with two attached hydrogens (primary N) is 1. The van der Waals surface area contributed by atoms with Crippen molar-refractivity contribution in [2.45, 2.75) is 19.3 Å². The smallest absolute Gasteiger partial charge is 0.0410 e. The minimum absolute atomic E-state index is 0.744. The summed E-state index contributed by atoms with van der Waals surface area (Å²) in [4.78, 5) is 4.17. The van der Waals surface area contributed by atoms with E-state index in [0.29, 0.717) is 0 Å². The Labute approximate surface area is 93.0 Å². The molecule has 0 aliphatic heterocycles. The van der Waals surface area contributed by atoms with Gasteiger partial charge in [0.25, 0.3) is 0 Å². The largest absolute Gasteiger partial charge is 0.330 e. The van der Waals surface area contributed by atoms with Crippen LogP contribution in [0.4, 0.5) is 0 Å². The van der Waals surface area contributed by atoms with Gasteiger partial charge in [0.15, 0.2) is 0 Å². The average molecular weight is 255 g/mol. The third kappa shape index (κ3) is 2.15. The predicted octanol–water partition coefficient (Wildman–Crippen LogP) is 2.37. The summed E-state index contributed by atoms with van der Waals surface area (Å²) >= 11 is 3.44. The van der Waals surface area contributed by atoms with Crippen LogP contribution in [0.5, 0.6) is 0 Å². The molecule has 76 valence electrons. The van der Waals surface area contributed by atoms with Gasteiger partial charge < -0.3 is 5.73 Å². The van der Waals surface area contributed by atoms with Crippen LogP contribution in [-0.2, 0) is 6.42 Å². The van der Waals surface area contributed by atoms with E-state index in [9.17, 15) is 0 Å². The lowest BCUT2D eigenvalue weighted by molar-refractivity contribution is 0.183. The molecule has 0 spiro atoms. The van der Waals surface area contributed by atoms with E-state index in [1.807, 2.05) is 12.4 Å². The van der Waals surface area contributed by atoms with Crippen molar-refractivity contribution in [1.29, 1.82) is 0 Å². The van der Waals surface area contributed by atoms with Crippen LogP contribution in [0.2, 0.25) is 0 Å². The first-order valence-electron chi connectivity index (χ1n) is 5.09. The first-order valence-corrected chi connectivity index (χ1v) is 5.88. The van der Waals surface area contributed by atoms with E-state index >= 15 is 0 Å². The standard InChI is InChI=1S/C11H15BrN2/c12-11-4-8(6-14-7-11)3-9-1-2-10(9)5-13/h4,6-7,9-10H,1-3,5,13H2. The van der Waals surface area contributed by atoms with E-state index < -0.39 is 0 Å². The summed E-state index contributed by atoms with van der Waals surface area (Å²) in [5.74, 6) is 1.53. The highest BCUT2D eigenvalue weighted by atomic mass is 79.9. The number of pyridine rings is 1. The van der Waals surface area contributed by atoms with Crippen molar-refractivity contribution in [2.24, 2.45) is 17.6 Å². The molecule has 1 aliphatic carbocycles. The maximum Gasteiger partial charge on any atom is 0.0410 e. The zero-order chi connectivity index (χ0) is 9.97. The molecule has 0 saturated heterocycles. The van der Waals surface area contributed by atoms with Crippen LogP contribution in [0, 0.1) is 11.8 Å². The Bertz CT molecular complexity index is 312. The molecule has 0 radical (unpaired) electrons. The molecule has 2 rings (SSSR count). The molecule has 2 N–H and O–H groups in total. The van der Waals surface area contributed by atoms with Crippen molar-refractivity contribution in [1.82, 2.24) is 4.98 Å². The summed E-state index contributed by atoms with van der Waals surface area (Å²) in [5, 5.41) is 0. The van der Waals surface area contributed by atoms with Crippen LogP contribution < -0.4 is 5.73 Å². The molecule has 1 aromatic rings. The van der Waals surface area contributed by atoms with E-state index in [2.05, 4.69) is 27.0 Å². The average Bonchev–Trinajstić information content (AvgIpc) is 2.14. The van der Waals surface area contributed by atoms with Crippen molar-refractivity contribution in [3.63, 3.8) is 0 Å². The third-order valence-corrected chi connectivity index (χ3v) is 3.57. The molecule has 1 aromatic heterocycles. The van der Waals surface area contributed by atoms with Gasteiger partial charge in [0.05, 0.1) is 0 Å². The SMILES string of the molecule is NCC1CCC1Cc1cncc(Br)c1. The van der Waals surface area contributed by atoms with Gasteiger partial charge in [0.2, 0.25) is 0 Å². The molecule has 2 nitrogen and oxygen atoms in total. The Morgan fingerprint density at radius 2 is 2.14 bits per heavy atom. The lowest BCUT2D eigenvalue weighted by Crippen LogP contribution is -2.33. The summed E-state index contributed by atoms with van der Waals surface area (Å²) in [6.45, 7) is 0.839. The van der Waals surface area contributed by atoms with Gasteiger partial charge in [-0.05, 0) is 65.2 Å². The lowest BCUT2D eigenvalue weighted by atomic mass is 9.71. The van der Waals surface area contributed by atoms with Crippen LogP contribution in [-0.4, -0.2) is 11.5 Å². The fourth-order valence-corrected chi connectivity index (χ4v) is 2.50. The number of halogens is 1. The maximum atomic E-state index is 5.68. The Balaban J connectivity index is 1.97. The van der Waals surface area contributed by atoms with Crippen LogP contribution in [0.25, 0.3) is 0 Å². The summed E-state index contributed by atoms with van der Waals surface area (Å²) in [6, 6.07) is 2.15. The molecule has 2 atom stereocenters. The summed E-state index contributed by atoms with van der Waals surface area (Å²) < 4.78 is 1.07. The minimum Gasteiger partial charge on any atom is -0.330 e. The molecule has 1 aliphatic rings. The van der Waals surface area contributed by atoms with Crippen LogP contribution in [0.3, 0.4) is 0 Å². The second-order valence-corrected chi connectivity index (χ2v) is 4.96. The summed E-state index contributed by atoms with van der Waals surface area (Å²) in [6.07, 6.45) is 7.55. The van der Waals surface area contributed by atoms with E-state index in [4.69, 9.17) is 5.73 Å². The Kier molecular flexibility index (Phi) is 3.19. The van der Waals surface area contributed by atoms with Gasteiger partial charge in [-0.15, -0.1) is 0 Å². The zero-order valence-corrected chi connectivity index (χ0v) is 9.70.